The zero-order valence-electron chi connectivity index (χ0n) is 23.8. The molecule has 0 spiro atoms. The molecule has 1 aromatic heterocycles. The molecular weight excluding hydrogens is 641 g/mol. The Bertz CT molecular complexity index is 2020. The van der Waals surface area contributed by atoms with E-state index in [1.54, 1.807) is 24.3 Å². The molecule has 0 saturated carbocycles. The van der Waals surface area contributed by atoms with E-state index in [-0.39, 0.29) is 22.1 Å². The molecule has 0 unspecified atom stereocenters. The van der Waals surface area contributed by atoms with Crippen molar-refractivity contribution in [1.82, 2.24) is 4.57 Å². The van der Waals surface area contributed by atoms with Crippen molar-refractivity contribution in [3.8, 4) is 11.5 Å². The number of aryl methyl sites for hydroxylation is 1. The Balaban J connectivity index is 1.39. The van der Waals surface area contributed by atoms with Gasteiger partial charge in [-0.1, -0.05) is 46.9 Å². The normalized spacial score (nSPS) is 19.3. The number of anilines is 2. The number of carbonyl (C=O) groups is 3. The van der Waals surface area contributed by atoms with Gasteiger partial charge in [-0.25, -0.2) is 18.5 Å². The van der Waals surface area contributed by atoms with Crippen molar-refractivity contribution in [3.63, 3.8) is 0 Å². The number of thiazole rings is 1. The van der Waals surface area contributed by atoms with Gasteiger partial charge in [0, 0.05) is 16.5 Å². The zero-order valence-corrected chi connectivity index (χ0v) is 26.2. The van der Waals surface area contributed by atoms with Crippen LogP contribution in [0.1, 0.15) is 21.9 Å². The average Bonchev–Trinajstić information content (AvgIpc) is 3.44. The van der Waals surface area contributed by atoms with E-state index in [0.29, 0.717) is 21.2 Å². The Morgan fingerprint density at radius 1 is 1.02 bits per heavy atom. The summed E-state index contributed by atoms with van der Waals surface area (Å²) in [5.41, 5.74) is 2.24. The third kappa shape index (κ3) is 5.52. The summed E-state index contributed by atoms with van der Waals surface area (Å²) >= 11 is 1.96. The van der Waals surface area contributed by atoms with Crippen LogP contribution in [-0.4, -0.2) is 48.2 Å². The summed E-state index contributed by atoms with van der Waals surface area (Å²) in [7, 11) is -2.52. The van der Waals surface area contributed by atoms with Crippen LogP contribution in [0.25, 0.3) is 0 Å². The minimum absolute atomic E-state index is 0.113. The van der Waals surface area contributed by atoms with E-state index in [1.165, 1.54) is 46.9 Å². The highest BCUT2D eigenvalue weighted by atomic mass is 32.2. The number of methoxy groups -OCH3 is 1. The first kappa shape index (κ1) is 30.6. The number of sulfonamides is 1. The minimum Gasteiger partial charge on any atom is -0.504 e. The fraction of sp³-hybridized carbons (Fsp3) is 0.200. The van der Waals surface area contributed by atoms with Crippen LogP contribution >= 0.6 is 23.1 Å². The number of hydrogen-bond acceptors (Lipinski definition) is 10. The first-order valence-electron chi connectivity index (χ1n) is 13.5. The van der Waals surface area contributed by atoms with Crippen LogP contribution in [-0.2, 0) is 31.0 Å². The highest BCUT2D eigenvalue weighted by Gasteiger charge is 2.57. The Kier molecular flexibility index (Phi) is 7.81. The van der Waals surface area contributed by atoms with Crippen LogP contribution < -0.4 is 25.0 Å². The summed E-state index contributed by atoms with van der Waals surface area (Å²) in [5.74, 6) is -3.00. The Morgan fingerprint density at radius 2 is 1.71 bits per heavy atom. The molecule has 232 valence electrons. The summed E-state index contributed by atoms with van der Waals surface area (Å²) < 4.78 is 29.7. The van der Waals surface area contributed by atoms with Gasteiger partial charge in [0.1, 0.15) is 11.8 Å². The number of fused-ring (bicyclic) bond motifs is 2. The van der Waals surface area contributed by atoms with Crippen molar-refractivity contribution in [3.05, 3.63) is 92.4 Å². The molecular formula is C30H26N4O8S3. The SMILES string of the molecule is COc1cc([C@@H]2c3sc(=O)n(CC(=O)Nc4ccc(S(N)(=O)=O)cc4)c3S[C@@H]3C(=O)N(c4ccc(C)cc4)C(=O)[C@H]23)ccc1O. The third-order valence-electron chi connectivity index (χ3n) is 7.67. The lowest BCUT2D eigenvalue weighted by Gasteiger charge is -2.31. The first-order valence-corrected chi connectivity index (χ1v) is 16.8. The van der Waals surface area contributed by atoms with E-state index >= 15 is 0 Å². The monoisotopic (exact) mass is 666 g/mol. The van der Waals surface area contributed by atoms with Crippen molar-refractivity contribution in [2.24, 2.45) is 11.1 Å². The third-order valence-corrected chi connectivity index (χ3v) is 11.2. The van der Waals surface area contributed by atoms with Crippen LogP contribution in [0.2, 0.25) is 0 Å². The second-order valence-corrected chi connectivity index (χ2v) is 14.2. The van der Waals surface area contributed by atoms with Gasteiger partial charge in [0.25, 0.3) is 0 Å². The number of benzene rings is 3. The summed E-state index contributed by atoms with van der Waals surface area (Å²) in [6.45, 7) is 1.50. The van der Waals surface area contributed by atoms with E-state index in [2.05, 4.69) is 5.32 Å². The zero-order chi connectivity index (χ0) is 32.2. The van der Waals surface area contributed by atoms with Crippen LogP contribution in [0.4, 0.5) is 11.4 Å². The number of aromatic nitrogens is 1. The lowest BCUT2D eigenvalue weighted by atomic mass is 9.83. The maximum Gasteiger partial charge on any atom is 0.308 e. The van der Waals surface area contributed by atoms with Crippen LogP contribution in [0.5, 0.6) is 11.5 Å². The molecule has 4 N–H and O–H groups in total. The maximum atomic E-state index is 14.0. The van der Waals surface area contributed by atoms with E-state index in [0.717, 1.165) is 28.7 Å². The number of rotatable bonds is 7. The summed E-state index contributed by atoms with van der Waals surface area (Å²) in [6.07, 6.45) is 0. The molecule has 3 atom stereocenters. The summed E-state index contributed by atoms with van der Waals surface area (Å²) in [4.78, 5) is 55.5. The molecule has 2 aliphatic rings. The summed E-state index contributed by atoms with van der Waals surface area (Å²) in [6, 6.07) is 16.9. The van der Waals surface area contributed by atoms with Gasteiger partial charge < -0.3 is 15.2 Å². The number of aromatic hydroxyl groups is 1. The first-order chi connectivity index (χ1) is 21.4. The van der Waals surface area contributed by atoms with E-state index in [9.17, 15) is 32.7 Å². The van der Waals surface area contributed by atoms with Gasteiger partial charge in [0.15, 0.2) is 11.5 Å². The number of phenolic OH excluding ortho intramolecular Hbond substituents is 1. The molecule has 0 aliphatic carbocycles. The number of phenols is 1. The number of nitrogens with one attached hydrogen (secondary N) is 1. The van der Waals surface area contributed by atoms with Gasteiger partial charge in [-0.3, -0.25) is 23.7 Å². The van der Waals surface area contributed by atoms with Crippen LogP contribution in [0, 0.1) is 12.8 Å². The largest absolute Gasteiger partial charge is 0.504 e. The number of hydrogen-bond donors (Lipinski definition) is 3. The maximum absolute atomic E-state index is 14.0. The standard InChI is InChI=1S/C30H26N4O8S3/c1-15-3-8-18(9-4-15)34-27(37)24-23(16-5-12-20(35)21(13-16)42-2)26-29(43-25(24)28(34)38)33(30(39)44-26)14-22(36)32-17-6-10-19(11-7-17)45(31,40)41/h3-13,23-25,35H,14H2,1-2H3,(H,32,36)(H2,31,40,41)/t23-,24+,25-/m0/s1. The second-order valence-electron chi connectivity index (χ2n) is 10.6. The molecule has 1 fully saturated rings. The van der Waals surface area contributed by atoms with Gasteiger partial charge in [0.05, 0.1) is 28.6 Å². The highest BCUT2D eigenvalue weighted by Crippen LogP contribution is 2.54. The Morgan fingerprint density at radius 3 is 2.36 bits per heavy atom. The Labute approximate surface area is 265 Å². The topological polar surface area (TPSA) is 178 Å². The number of nitrogens with zero attached hydrogens (tertiary/aromatic N) is 2. The molecule has 4 aromatic rings. The quantitative estimate of drug-likeness (QED) is 0.250. The lowest BCUT2D eigenvalue weighted by molar-refractivity contribution is -0.122. The van der Waals surface area contributed by atoms with Crippen molar-refractivity contribution >= 4 is 62.2 Å². The molecule has 6 rings (SSSR count). The number of nitrogens with two attached hydrogens (primary N) is 1. The molecule has 12 nitrogen and oxygen atoms in total. The number of amides is 3. The van der Waals surface area contributed by atoms with Gasteiger partial charge in [-0.15, -0.1) is 0 Å². The van der Waals surface area contributed by atoms with Gasteiger partial charge in [-0.2, -0.15) is 0 Å². The fourth-order valence-electron chi connectivity index (χ4n) is 5.52. The number of ether oxygens (including phenoxy) is 1. The smallest absolute Gasteiger partial charge is 0.308 e. The molecule has 15 heteroatoms. The van der Waals surface area contributed by atoms with E-state index in [1.807, 2.05) is 19.1 Å². The number of imide groups is 1. The van der Waals surface area contributed by atoms with Crippen molar-refractivity contribution in [2.45, 2.75) is 34.6 Å². The number of primary sulfonamides is 1. The van der Waals surface area contributed by atoms with Crippen molar-refractivity contribution in [2.75, 3.05) is 17.3 Å². The molecule has 0 radical (unpaired) electrons. The average molecular weight is 667 g/mol. The molecule has 3 aromatic carbocycles. The molecule has 1 saturated heterocycles. The minimum atomic E-state index is -3.92. The number of carbonyl (C=O) groups excluding carboxylic acids is 3. The van der Waals surface area contributed by atoms with Crippen molar-refractivity contribution < 1.29 is 32.6 Å². The van der Waals surface area contributed by atoms with E-state index in [4.69, 9.17) is 9.88 Å². The predicted octanol–water partition coefficient (Wildman–Crippen LogP) is 3.01. The molecule has 2 aliphatic heterocycles. The van der Waals surface area contributed by atoms with Crippen LogP contribution in [0.15, 0.2) is 81.4 Å². The number of thioether (sulfide) groups is 1. The van der Waals surface area contributed by atoms with Crippen molar-refractivity contribution in [1.29, 1.82) is 0 Å². The van der Waals surface area contributed by atoms with Gasteiger partial charge >= 0.3 is 4.87 Å². The Hall–Kier alpha value is -4.44. The molecule has 45 heavy (non-hydrogen) atoms. The molecule has 0 bridgehead atoms. The van der Waals surface area contributed by atoms with Gasteiger partial charge in [-0.05, 0) is 61.0 Å². The second kappa shape index (κ2) is 11.5. The predicted molar refractivity (Wildman–Crippen MR) is 168 cm³/mol. The highest BCUT2D eigenvalue weighted by molar-refractivity contribution is 8.00. The van der Waals surface area contributed by atoms with E-state index < -0.39 is 56.2 Å². The summed E-state index contributed by atoms with van der Waals surface area (Å²) in [5, 5.41) is 17.5. The molecule has 3 amide bonds. The fourth-order valence-corrected chi connectivity index (χ4v) is 8.81. The molecule has 3 heterocycles. The lowest BCUT2D eigenvalue weighted by Crippen LogP contribution is -2.33. The van der Waals surface area contributed by atoms with Crippen LogP contribution in [0.3, 0.4) is 0 Å². The van der Waals surface area contributed by atoms with Gasteiger partial charge in [0.2, 0.25) is 27.7 Å².